The molecule has 0 radical (unpaired) electrons. The highest BCUT2D eigenvalue weighted by molar-refractivity contribution is 6.29. The Labute approximate surface area is 143 Å². The first-order valence-electron chi connectivity index (χ1n) is 7.35. The van der Waals surface area contributed by atoms with Gasteiger partial charge in [0.15, 0.2) is 5.22 Å². The van der Waals surface area contributed by atoms with Crippen molar-refractivity contribution in [3.63, 3.8) is 0 Å². The van der Waals surface area contributed by atoms with E-state index >= 15 is 0 Å². The van der Waals surface area contributed by atoms with Gasteiger partial charge in [-0.05, 0) is 47.0 Å². The predicted molar refractivity (Wildman–Crippen MR) is 93.9 cm³/mol. The van der Waals surface area contributed by atoms with E-state index in [2.05, 4.69) is 5.32 Å². The van der Waals surface area contributed by atoms with Crippen LogP contribution in [-0.4, -0.2) is 5.91 Å². The molecule has 5 N–H and O–H groups in total. The molecule has 0 unspecified atom stereocenters. The van der Waals surface area contributed by atoms with Gasteiger partial charge in [-0.2, -0.15) is 0 Å². The average molecular weight is 340 g/mol. The van der Waals surface area contributed by atoms with E-state index in [9.17, 15) is 4.79 Å². The summed E-state index contributed by atoms with van der Waals surface area (Å²) in [6.07, 6.45) is 0. The number of hydrogen-bond donors (Lipinski definition) is 3. The zero-order valence-corrected chi connectivity index (χ0v) is 13.3. The number of benzene rings is 2. The van der Waals surface area contributed by atoms with Crippen molar-refractivity contribution in [3.8, 4) is 0 Å². The Bertz CT molecular complexity index is 884. The number of rotatable bonds is 2. The van der Waals surface area contributed by atoms with Gasteiger partial charge in [0.25, 0.3) is 0 Å². The van der Waals surface area contributed by atoms with E-state index in [0.717, 1.165) is 11.1 Å². The largest absolute Gasteiger partial charge is 0.429 e. The Morgan fingerprint density at radius 3 is 1.92 bits per heavy atom. The summed E-state index contributed by atoms with van der Waals surface area (Å²) in [4.78, 5) is 13.0. The highest BCUT2D eigenvalue weighted by atomic mass is 35.5. The maximum absolute atomic E-state index is 13.0. The van der Waals surface area contributed by atoms with Crippen LogP contribution in [0.1, 0.15) is 16.7 Å². The number of nitrogens with one attached hydrogen (secondary N) is 1. The second-order valence-corrected chi connectivity index (χ2v) is 6.11. The summed E-state index contributed by atoms with van der Waals surface area (Å²) in [5, 5.41) is 3.00. The van der Waals surface area contributed by atoms with Crippen LogP contribution in [0.3, 0.4) is 0 Å². The van der Waals surface area contributed by atoms with E-state index in [4.69, 9.17) is 27.5 Å². The summed E-state index contributed by atoms with van der Waals surface area (Å²) >= 11 is 6.02. The van der Waals surface area contributed by atoms with E-state index in [1.807, 2.05) is 24.3 Å². The molecule has 0 saturated heterocycles. The summed E-state index contributed by atoms with van der Waals surface area (Å²) in [5.41, 5.74) is 14.0. The highest BCUT2D eigenvalue weighted by Gasteiger charge is 2.52. The fraction of sp³-hybridized carbons (Fsp3) is 0.0556. The number of halogens is 1. The molecule has 0 bridgehead atoms. The fourth-order valence-electron chi connectivity index (χ4n) is 3.26. The summed E-state index contributed by atoms with van der Waals surface area (Å²) in [7, 11) is 0. The van der Waals surface area contributed by atoms with E-state index < -0.39 is 5.41 Å². The van der Waals surface area contributed by atoms with Crippen molar-refractivity contribution >= 4 is 34.8 Å². The number of amides is 1. The Morgan fingerprint density at radius 2 is 1.42 bits per heavy atom. The van der Waals surface area contributed by atoms with Gasteiger partial charge in [0.1, 0.15) is 5.41 Å². The summed E-state index contributed by atoms with van der Waals surface area (Å²) in [6, 6.07) is 16.1. The minimum atomic E-state index is -1.06. The van der Waals surface area contributed by atoms with Crippen LogP contribution < -0.4 is 16.8 Å². The van der Waals surface area contributed by atoms with E-state index in [-0.39, 0.29) is 11.1 Å². The first-order chi connectivity index (χ1) is 11.5. The Balaban J connectivity index is 2.05. The third-order valence-electron chi connectivity index (χ3n) is 4.36. The molecule has 4 rings (SSSR count). The third-order valence-corrected chi connectivity index (χ3v) is 4.55. The van der Waals surface area contributed by atoms with Crippen molar-refractivity contribution in [2.45, 2.75) is 5.41 Å². The maximum atomic E-state index is 13.0. The van der Waals surface area contributed by atoms with Crippen molar-refractivity contribution in [3.05, 3.63) is 76.5 Å². The first kappa shape index (κ1) is 14.7. The number of nitrogens with two attached hydrogens (primary N) is 2. The molecule has 2 aromatic carbocycles. The molecule has 1 aliphatic heterocycles. The molecule has 6 heteroatoms. The lowest BCUT2D eigenvalue weighted by atomic mass is 9.71. The molecular weight excluding hydrogens is 326 g/mol. The molecule has 5 nitrogen and oxygen atoms in total. The van der Waals surface area contributed by atoms with Crippen LogP contribution in [0.15, 0.2) is 59.0 Å². The first-order valence-corrected chi connectivity index (χ1v) is 7.73. The topological polar surface area (TPSA) is 94.3 Å². The zero-order chi connectivity index (χ0) is 16.9. The molecule has 0 aliphatic carbocycles. The second-order valence-electron chi connectivity index (χ2n) is 5.74. The van der Waals surface area contributed by atoms with Crippen LogP contribution >= 0.6 is 11.6 Å². The van der Waals surface area contributed by atoms with Crippen LogP contribution in [0, 0.1) is 0 Å². The number of anilines is 3. The Kier molecular flexibility index (Phi) is 3.08. The van der Waals surface area contributed by atoms with E-state index in [1.165, 1.54) is 0 Å². The average Bonchev–Trinajstić information content (AvgIpc) is 3.03. The Morgan fingerprint density at radius 1 is 0.917 bits per heavy atom. The van der Waals surface area contributed by atoms with Gasteiger partial charge in [0, 0.05) is 23.0 Å². The van der Waals surface area contributed by atoms with Crippen molar-refractivity contribution in [1.29, 1.82) is 0 Å². The maximum Gasteiger partial charge on any atom is 0.246 e. The van der Waals surface area contributed by atoms with Crippen LogP contribution in [0.2, 0.25) is 5.22 Å². The summed E-state index contributed by atoms with van der Waals surface area (Å²) in [6.45, 7) is 0. The molecule has 24 heavy (non-hydrogen) atoms. The van der Waals surface area contributed by atoms with Crippen molar-refractivity contribution in [2.75, 3.05) is 16.8 Å². The van der Waals surface area contributed by atoms with Gasteiger partial charge in [-0.15, -0.1) is 0 Å². The summed E-state index contributed by atoms with van der Waals surface area (Å²) in [5.74, 6) is 0.154. The smallest absolute Gasteiger partial charge is 0.246 e. The lowest BCUT2D eigenvalue weighted by molar-refractivity contribution is -0.118. The van der Waals surface area contributed by atoms with Crippen LogP contribution in [0.25, 0.3) is 0 Å². The molecule has 0 fully saturated rings. The van der Waals surface area contributed by atoms with Crippen LogP contribution in [-0.2, 0) is 10.2 Å². The van der Waals surface area contributed by atoms with Gasteiger partial charge in [-0.25, -0.2) is 0 Å². The van der Waals surface area contributed by atoms with Gasteiger partial charge in [-0.3, -0.25) is 10.1 Å². The number of nitrogen functional groups attached to an aromatic ring is 2. The fourth-order valence-corrected chi connectivity index (χ4v) is 3.44. The van der Waals surface area contributed by atoms with Gasteiger partial charge >= 0.3 is 0 Å². The molecule has 3 aromatic rings. The quantitative estimate of drug-likeness (QED) is 0.624. The molecule has 1 aromatic heterocycles. The predicted octanol–water partition coefficient (Wildman–Crippen LogP) is 3.38. The molecule has 0 saturated carbocycles. The normalized spacial score (nSPS) is 15.1. The monoisotopic (exact) mass is 339 g/mol. The van der Waals surface area contributed by atoms with Gasteiger partial charge in [0.2, 0.25) is 11.8 Å². The van der Waals surface area contributed by atoms with E-state index in [1.54, 1.807) is 30.3 Å². The van der Waals surface area contributed by atoms with Crippen molar-refractivity contribution < 1.29 is 9.21 Å². The molecule has 0 spiro atoms. The standard InChI is InChI=1S/C18H14ClN3O2/c19-15-9-14-16(24-15)22-17(23)18(14,10-1-5-12(20)6-2-10)11-3-7-13(21)8-4-11/h1-9H,20-21H2,(H,22,23). The number of fused-ring (bicyclic) bond motifs is 1. The van der Waals surface area contributed by atoms with Crippen molar-refractivity contribution in [1.82, 2.24) is 0 Å². The van der Waals surface area contributed by atoms with Gasteiger partial charge < -0.3 is 15.9 Å². The zero-order valence-electron chi connectivity index (χ0n) is 12.5. The number of carbonyl (C=O) groups excluding carboxylic acids is 1. The Hall–Kier alpha value is -2.92. The summed E-state index contributed by atoms with van der Waals surface area (Å²) < 4.78 is 5.43. The van der Waals surface area contributed by atoms with Gasteiger partial charge in [0.05, 0.1) is 0 Å². The number of furan rings is 1. The molecule has 1 amide bonds. The van der Waals surface area contributed by atoms with Gasteiger partial charge in [-0.1, -0.05) is 24.3 Å². The minimum Gasteiger partial charge on any atom is -0.429 e. The van der Waals surface area contributed by atoms with Crippen molar-refractivity contribution in [2.24, 2.45) is 0 Å². The highest BCUT2D eigenvalue weighted by Crippen LogP contribution is 2.49. The van der Waals surface area contributed by atoms with E-state index in [0.29, 0.717) is 22.8 Å². The second kappa shape index (κ2) is 5.04. The molecule has 1 aliphatic rings. The third kappa shape index (κ3) is 1.91. The molecule has 120 valence electrons. The number of hydrogen-bond acceptors (Lipinski definition) is 4. The molecule has 0 atom stereocenters. The number of carbonyl (C=O) groups is 1. The lowest BCUT2D eigenvalue weighted by Crippen LogP contribution is -2.37. The lowest BCUT2D eigenvalue weighted by Gasteiger charge is -2.28. The molecular formula is C18H14ClN3O2. The molecule has 2 heterocycles. The minimum absolute atomic E-state index is 0.206. The van der Waals surface area contributed by atoms with Crippen LogP contribution in [0.5, 0.6) is 0 Å². The SMILES string of the molecule is Nc1ccc(C2(c3ccc(N)cc3)C(=O)Nc3oc(Cl)cc32)cc1. The van der Waals surface area contributed by atoms with Crippen LogP contribution in [0.4, 0.5) is 17.3 Å².